The summed E-state index contributed by atoms with van der Waals surface area (Å²) in [7, 11) is 1.71. The number of carbonyl (C=O) groups excluding carboxylic acids is 1. The fourth-order valence-electron chi connectivity index (χ4n) is 3.01. The zero-order chi connectivity index (χ0) is 16.2. The summed E-state index contributed by atoms with van der Waals surface area (Å²) < 4.78 is 12.7. The van der Waals surface area contributed by atoms with Crippen LogP contribution in [0.2, 0.25) is 0 Å². The van der Waals surface area contributed by atoms with Crippen LogP contribution < -0.4 is 0 Å². The van der Waals surface area contributed by atoms with Crippen molar-refractivity contribution in [1.29, 1.82) is 0 Å². The van der Waals surface area contributed by atoms with Crippen molar-refractivity contribution >= 4 is 5.97 Å². The van der Waals surface area contributed by atoms with E-state index in [0.29, 0.717) is 5.56 Å². The molecule has 0 amide bonds. The molecule has 1 aliphatic rings. The third-order valence-corrected chi connectivity index (χ3v) is 4.28. The Bertz CT molecular complexity index is 670. The number of aryl methyl sites for hydroxylation is 1. The Kier molecular flexibility index (Phi) is 4.71. The Labute approximate surface area is 135 Å². The minimum absolute atomic E-state index is 0.0588. The van der Waals surface area contributed by atoms with E-state index < -0.39 is 0 Å². The molecule has 0 bridgehead atoms. The van der Waals surface area contributed by atoms with E-state index in [-0.39, 0.29) is 18.2 Å². The van der Waals surface area contributed by atoms with E-state index >= 15 is 0 Å². The van der Waals surface area contributed by atoms with Gasteiger partial charge in [-0.05, 0) is 49.9 Å². The van der Waals surface area contributed by atoms with Gasteiger partial charge in [0.15, 0.2) is 0 Å². The highest BCUT2D eigenvalue weighted by atomic mass is 16.5. The number of methoxy groups -OCH3 is 1. The quantitative estimate of drug-likeness (QED) is 0.812. The predicted octanol–water partition coefficient (Wildman–Crippen LogP) is 2.69. The van der Waals surface area contributed by atoms with Crippen molar-refractivity contribution < 1.29 is 14.3 Å². The summed E-state index contributed by atoms with van der Waals surface area (Å²) in [5.74, 6) is -0.278. The third kappa shape index (κ3) is 3.59. The molecule has 2 aromatic rings. The molecule has 1 heterocycles. The fraction of sp³-hybridized carbons (Fsp3) is 0.471. The fourth-order valence-corrected chi connectivity index (χ4v) is 3.01. The lowest BCUT2D eigenvalue weighted by atomic mass is 9.95. The molecule has 23 heavy (non-hydrogen) atoms. The van der Waals surface area contributed by atoms with Crippen LogP contribution in [0.3, 0.4) is 0 Å². The molecular formula is C17H21N3O3. The molecule has 0 aliphatic heterocycles. The molecule has 0 spiro atoms. The zero-order valence-corrected chi connectivity index (χ0v) is 13.4. The van der Waals surface area contributed by atoms with E-state index in [1.165, 1.54) is 6.33 Å². The number of rotatable bonds is 4. The standard InChI is InChI=1S/C17H21N3O3/c1-12-8-13(6-7-16(12)20-11-18-10-19-20)17(21)23-15-5-3-4-14(9-15)22-2/h6-8,10-11,14-15H,3-5,9H2,1-2H3/t14-,15+/m0/s1. The van der Waals surface area contributed by atoms with Crippen molar-refractivity contribution in [3.8, 4) is 5.69 Å². The Morgan fingerprint density at radius 1 is 1.30 bits per heavy atom. The van der Waals surface area contributed by atoms with E-state index in [9.17, 15) is 4.79 Å². The second-order valence-corrected chi connectivity index (χ2v) is 5.89. The smallest absolute Gasteiger partial charge is 0.338 e. The highest BCUT2D eigenvalue weighted by Crippen LogP contribution is 2.24. The summed E-state index contributed by atoms with van der Waals surface area (Å²) in [5, 5.41) is 4.11. The van der Waals surface area contributed by atoms with Crippen LogP contribution in [-0.2, 0) is 9.47 Å². The van der Waals surface area contributed by atoms with E-state index in [0.717, 1.165) is 36.9 Å². The molecule has 0 N–H and O–H groups in total. The first-order chi connectivity index (χ1) is 11.2. The van der Waals surface area contributed by atoms with Crippen molar-refractivity contribution in [2.45, 2.75) is 44.8 Å². The van der Waals surface area contributed by atoms with Gasteiger partial charge in [0, 0.05) is 13.5 Å². The first kappa shape index (κ1) is 15.7. The number of hydrogen-bond donors (Lipinski definition) is 0. The highest BCUT2D eigenvalue weighted by Gasteiger charge is 2.25. The van der Waals surface area contributed by atoms with Crippen LogP contribution in [0.25, 0.3) is 5.69 Å². The number of benzene rings is 1. The molecule has 1 saturated carbocycles. The Hall–Kier alpha value is -2.21. The first-order valence-corrected chi connectivity index (χ1v) is 7.87. The molecule has 3 rings (SSSR count). The number of hydrogen-bond acceptors (Lipinski definition) is 5. The van der Waals surface area contributed by atoms with Crippen LogP contribution >= 0.6 is 0 Å². The molecule has 122 valence electrons. The summed E-state index contributed by atoms with van der Waals surface area (Å²) in [6.07, 6.45) is 7.00. The number of nitrogens with zero attached hydrogens (tertiary/aromatic N) is 3. The average molecular weight is 315 g/mol. The molecule has 1 aliphatic carbocycles. The van der Waals surface area contributed by atoms with Crippen LogP contribution in [0.4, 0.5) is 0 Å². The summed E-state index contributed by atoms with van der Waals surface area (Å²) in [6.45, 7) is 1.94. The highest BCUT2D eigenvalue weighted by molar-refractivity contribution is 5.90. The summed E-state index contributed by atoms with van der Waals surface area (Å²) in [6, 6.07) is 5.46. The second kappa shape index (κ2) is 6.91. The van der Waals surface area contributed by atoms with Crippen LogP contribution in [0.5, 0.6) is 0 Å². The van der Waals surface area contributed by atoms with E-state index in [1.807, 2.05) is 19.1 Å². The maximum Gasteiger partial charge on any atom is 0.338 e. The number of aromatic nitrogens is 3. The van der Waals surface area contributed by atoms with Gasteiger partial charge in [0.25, 0.3) is 0 Å². The van der Waals surface area contributed by atoms with Gasteiger partial charge in [-0.15, -0.1) is 0 Å². The topological polar surface area (TPSA) is 66.2 Å². The van der Waals surface area contributed by atoms with Gasteiger partial charge in [0.05, 0.1) is 17.4 Å². The van der Waals surface area contributed by atoms with Gasteiger partial charge in [-0.1, -0.05) is 0 Å². The first-order valence-electron chi connectivity index (χ1n) is 7.87. The monoisotopic (exact) mass is 315 g/mol. The van der Waals surface area contributed by atoms with Gasteiger partial charge < -0.3 is 9.47 Å². The van der Waals surface area contributed by atoms with E-state index in [2.05, 4.69) is 10.1 Å². The second-order valence-electron chi connectivity index (χ2n) is 5.89. The molecule has 6 heteroatoms. The Morgan fingerprint density at radius 3 is 2.83 bits per heavy atom. The average Bonchev–Trinajstić information content (AvgIpc) is 3.09. The van der Waals surface area contributed by atoms with Gasteiger partial charge in [-0.3, -0.25) is 0 Å². The van der Waals surface area contributed by atoms with Crippen molar-refractivity contribution in [2.24, 2.45) is 0 Å². The van der Waals surface area contributed by atoms with Crippen molar-refractivity contribution in [3.05, 3.63) is 42.0 Å². The summed E-state index contributed by atoms with van der Waals surface area (Å²) >= 11 is 0. The maximum atomic E-state index is 12.4. The molecule has 1 fully saturated rings. The third-order valence-electron chi connectivity index (χ3n) is 4.28. The lowest BCUT2D eigenvalue weighted by Crippen LogP contribution is -2.29. The number of ether oxygens (including phenoxy) is 2. The molecule has 6 nitrogen and oxygen atoms in total. The molecule has 1 aromatic carbocycles. The molecule has 0 unspecified atom stereocenters. The lowest BCUT2D eigenvalue weighted by molar-refractivity contribution is -0.0149. The lowest BCUT2D eigenvalue weighted by Gasteiger charge is -2.27. The van der Waals surface area contributed by atoms with Crippen molar-refractivity contribution in [2.75, 3.05) is 7.11 Å². The van der Waals surface area contributed by atoms with Gasteiger partial charge in [0.2, 0.25) is 0 Å². The molecule has 2 atom stereocenters. The summed E-state index contributed by atoms with van der Waals surface area (Å²) in [5.41, 5.74) is 2.41. The molecule has 0 saturated heterocycles. The van der Waals surface area contributed by atoms with Gasteiger partial charge in [0.1, 0.15) is 18.8 Å². The SMILES string of the molecule is CO[C@H]1CCC[C@@H](OC(=O)c2ccc(-n3cncn3)c(C)c2)C1. The predicted molar refractivity (Wildman–Crippen MR) is 84.6 cm³/mol. The van der Waals surface area contributed by atoms with Crippen molar-refractivity contribution in [3.63, 3.8) is 0 Å². The minimum atomic E-state index is -0.278. The summed E-state index contributed by atoms with van der Waals surface area (Å²) in [4.78, 5) is 16.3. The zero-order valence-electron chi connectivity index (χ0n) is 13.4. The molecule has 1 aromatic heterocycles. The van der Waals surface area contributed by atoms with Crippen LogP contribution in [0, 0.1) is 6.92 Å². The molecule has 0 radical (unpaired) electrons. The van der Waals surface area contributed by atoms with Gasteiger partial charge >= 0.3 is 5.97 Å². The van der Waals surface area contributed by atoms with Crippen LogP contribution in [0.15, 0.2) is 30.9 Å². The Balaban J connectivity index is 1.69. The van der Waals surface area contributed by atoms with E-state index in [1.54, 1.807) is 24.2 Å². The minimum Gasteiger partial charge on any atom is -0.459 e. The molecular weight excluding hydrogens is 294 g/mol. The largest absolute Gasteiger partial charge is 0.459 e. The maximum absolute atomic E-state index is 12.4. The van der Waals surface area contributed by atoms with Crippen molar-refractivity contribution in [1.82, 2.24) is 14.8 Å². The van der Waals surface area contributed by atoms with Gasteiger partial charge in [-0.2, -0.15) is 5.10 Å². The van der Waals surface area contributed by atoms with Crippen LogP contribution in [-0.4, -0.2) is 40.1 Å². The number of esters is 1. The van der Waals surface area contributed by atoms with Gasteiger partial charge in [-0.25, -0.2) is 14.5 Å². The normalized spacial score (nSPS) is 21.1. The Morgan fingerprint density at radius 2 is 2.13 bits per heavy atom. The van der Waals surface area contributed by atoms with E-state index in [4.69, 9.17) is 9.47 Å². The number of carbonyl (C=O) groups is 1. The van der Waals surface area contributed by atoms with Crippen LogP contribution in [0.1, 0.15) is 41.6 Å².